The number of carboxylic acid groups (broad SMARTS) is 2. The van der Waals surface area contributed by atoms with E-state index >= 15 is 0 Å². The fraction of sp³-hybridized carbons (Fsp3) is 0.286. The Balaban J connectivity index is 0.00000462. The van der Waals surface area contributed by atoms with Crippen molar-refractivity contribution in [2.24, 2.45) is 5.92 Å². The normalized spacial score (nSPS) is 22.0. The van der Waals surface area contributed by atoms with Gasteiger partial charge in [0.25, 0.3) is 0 Å². The number of fused-ring (bicyclic) bond motifs is 1. The van der Waals surface area contributed by atoms with E-state index in [0.717, 1.165) is 60.7 Å². The fourth-order valence-electron chi connectivity index (χ4n) is 7.13. The molecule has 1 saturated heterocycles. The maximum absolute atomic E-state index is 14.6. The molecule has 6 rings (SSSR count). The summed E-state index contributed by atoms with van der Waals surface area (Å²) in [6.07, 6.45) is -13.4. The van der Waals surface area contributed by atoms with Gasteiger partial charge in [-0.05, 0) is 70.3 Å². The first-order valence-corrected chi connectivity index (χ1v) is 18.7. The molecule has 9 atom stereocenters. The van der Waals surface area contributed by atoms with Crippen molar-refractivity contribution in [1.82, 2.24) is 0 Å². The monoisotopic (exact) mass is 956 g/mol. The number of carbonyl (C=O) groups excluding carboxylic acids is 2. The second kappa shape index (κ2) is 22.6. The molecule has 1 heterocycles. The molecule has 1 aliphatic heterocycles. The molecule has 0 amide bonds. The van der Waals surface area contributed by atoms with E-state index in [1.807, 2.05) is 0 Å². The van der Waals surface area contributed by atoms with E-state index in [1.54, 1.807) is 0 Å². The van der Waals surface area contributed by atoms with Gasteiger partial charge in [-0.2, -0.15) is 0 Å². The third-order valence-electron chi connectivity index (χ3n) is 10.4. The van der Waals surface area contributed by atoms with Crippen LogP contribution in [0.1, 0.15) is 33.7 Å². The summed E-state index contributed by atoms with van der Waals surface area (Å²) in [5.74, 6) is -15.9. The fourth-order valence-corrected chi connectivity index (χ4v) is 7.13. The number of aliphatic hydroxyl groups is 4. The molecule has 2 aliphatic rings. The van der Waals surface area contributed by atoms with E-state index in [9.17, 15) is 85.6 Å². The standard InChI is InChI=1S/C42H40O21.2K/c43-15-32-35(51)36(52)37(53)42(63-32)62-29-14-20-19(13-28(29)50)11-21(40(58)60-30(38(54)55)9-16-1-4-22(44)25(47)7-16)34(33(20)18-3-6-24(46)27(49)12-18)41(59)61-31(39(56)57)10-17-2-5-23(45)26(48)8-17;;/h1-8,11-14,30-37,42-53H,9-10,15H2,(H,54,55)(H,56,57);;/q;2*+1/p-2/t30-,31-,32-,33-,34?,35-,36+,37-,42-;;/m1../s1. The van der Waals surface area contributed by atoms with E-state index < -0.39 is 150 Å². The van der Waals surface area contributed by atoms with Crippen LogP contribution >= 0.6 is 0 Å². The van der Waals surface area contributed by atoms with E-state index in [1.165, 1.54) is 12.1 Å². The first-order chi connectivity index (χ1) is 29.8. The van der Waals surface area contributed by atoms with Gasteiger partial charge in [-0.3, -0.25) is 4.79 Å². The Morgan fingerprint density at radius 3 is 1.75 bits per heavy atom. The van der Waals surface area contributed by atoms with Crippen molar-refractivity contribution in [1.29, 1.82) is 0 Å². The zero-order chi connectivity index (χ0) is 46.0. The summed E-state index contributed by atoms with van der Waals surface area (Å²) in [6, 6.07) is 11.2. The van der Waals surface area contributed by atoms with E-state index in [0.29, 0.717) is 0 Å². The van der Waals surface area contributed by atoms with Crippen molar-refractivity contribution in [3.8, 4) is 46.0 Å². The average molecular weight is 957 g/mol. The van der Waals surface area contributed by atoms with Crippen LogP contribution in [0.25, 0.3) is 6.08 Å². The number of aliphatic carboxylic acids is 2. The zero-order valence-electron chi connectivity index (χ0n) is 34.2. The number of esters is 2. The molecular weight excluding hydrogens is 919 g/mol. The van der Waals surface area contributed by atoms with Crippen molar-refractivity contribution < 1.29 is 207 Å². The molecule has 0 saturated carbocycles. The predicted octanol–water partition coefficient (Wildman–Crippen LogP) is -6.83. The number of rotatable bonds is 14. The molecule has 334 valence electrons. The molecule has 1 aliphatic carbocycles. The molecule has 4 aromatic rings. The van der Waals surface area contributed by atoms with Crippen LogP contribution < -0.4 is 118 Å². The van der Waals surface area contributed by atoms with Crippen molar-refractivity contribution >= 4 is 30.0 Å². The van der Waals surface area contributed by atoms with E-state index in [2.05, 4.69) is 0 Å². The van der Waals surface area contributed by atoms with Gasteiger partial charge in [0.05, 0.1) is 18.1 Å². The molecule has 11 N–H and O–H groups in total. The number of carbonyl (C=O) groups is 4. The predicted molar refractivity (Wildman–Crippen MR) is 203 cm³/mol. The molecule has 1 unspecified atom stereocenters. The van der Waals surface area contributed by atoms with Crippen LogP contribution in [0.5, 0.6) is 46.0 Å². The van der Waals surface area contributed by atoms with E-state index in [-0.39, 0.29) is 131 Å². The summed E-state index contributed by atoms with van der Waals surface area (Å²) in [5, 5.41) is 137. The average Bonchev–Trinajstić information content (AvgIpc) is 3.23. The molecule has 21 nitrogen and oxygen atoms in total. The van der Waals surface area contributed by atoms with Gasteiger partial charge in [0.2, 0.25) is 18.5 Å². The van der Waals surface area contributed by atoms with Gasteiger partial charge >= 0.3 is 127 Å². The van der Waals surface area contributed by atoms with E-state index in [4.69, 9.17) is 18.9 Å². The Hall–Kier alpha value is -4.03. The van der Waals surface area contributed by atoms with Crippen molar-refractivity contribution in [3.63, 3.8) is 0 Å². The number of hydrogen-bond donors (Lipinski definition) is 11. The number of benzene rings is 4. The summed E-state index contributed by atoms with van der Waals surface area (Å²) < 4.78 is 22.0. The van der Waals surface area contributed by atoms with Crippen molar-refractivity contribution in [3.05, 3.63) is 100 Å². The molecule has 0 aromatic heterocycles. The molecule has 65 heavy (non-hydrogen) atoms. The number of hydrogen-bond acceptors (Lipinski definition) is 19. The summed E-state index contributed by atoms with van der Waals surface area (Å²) in [4.78, 5) is 53.9. The van der Waals surface area contributed by atoms with Crippen LogP contribution in [0.2, 0.25) is 0 Å². The minimum Gasteiger partial charge on any atom is -0.870 e. The Kier molecular flexibility index (Phi) is 18.7. The molecule has 4 aromatic carbocycles. The molecule has 0 spiro atoms. The van der Waals surface area contributed by atoms with Gasteiger partial charge in [0.15, 0.2) is 23.0 Å². The van der Waals surface area contributed by atoms with Gasteiger partial charge in [-0.1, -0.05) is 41.8 Å². The van der Waals surface area contributed by atoms with Gasteiger partial charge < -0.3 is 85.3 Å². The van der Waals surface area contributed by atoms with Crippen LogP contribution in [0.4, 0.5) is 0 Å². The Labute approximate surface area is 452 Å². The van der Waals surface area contributed by atoms with Crippen LogP contribution in [0, 0.1) is 5.92 Å². The number of ether oxygens (including phenoxy) is 4. The topological polar surface area (TPSA) is 374 Å². The number of phenols is 5. The minimum absolute atomic E-state index is 0. The number of aliphatic hydroxyl groups excluding tert-OH is 4. The zero-order valence-corrected chi connectivity index (χ0v) is 40.5. The largest absolute Gasteiger partial charge is 1.00 e. The second-order valence-corrected chi connectivity index (χ2v) is 14.6. The molecule has 0 radical (unpaired) electrons. The Morgan fingerprint density at radius 1 is 0.662 bits per heavy atom. The summed E-state index contributed by atoms with van der Waals surface area (Å²) in [5.41, 5.74) is -0.978. The van der Waals surface area contributed by atoms with Gasteiger partial charge in [0, 0.05) is 18.8 Å². The van der Waals surface area contributed by atoms with Crippen LogP contribution in [-0.2, 0) is 46.2 Å². The molecule has 1 fully saturated rings. The maximum Gasteiger partial charge on any atom is 1.00 e. The smallest absolute Gasteiger partial charge is 0.870 e. The van der Waals surface area contributed by atoms with Crippen molar-refractivity contribution in [2.75, 3.05) is 6.61 Å². The SMILES string of the molecule is O=C(O[C@H](Cc1ccc([O-])c(O)c1)C(=O)O)C1=Cc2cc(O)c(O[C@@H]3O[C@H](CO)[C@@H](O)[C@H](O)[C@H]3O)cc2[C@@H](c2ccc(O)c(O)c2)C1C(=O)O[C@H](Cc1ccc([O-])c(O)c1)C(=O)O.[K+].[K+]. The summed E-state index contributed by atoms with van der Waals surface area (Å²) in [6.45, 7) is -0.846. The first kappa shape index (κ1) is 53.6. The van der Waals surface area contributed by atoms with Crippen LogP contribution in [0.3, 0.4) is 0 Å². The van der Waals surface area contributed by atoms with Gasteiger partial charge in [-0.25, -0.2) is 14.4 Å². The van der Waals surface area contributed by atoms with Crippen molar-refractivity contribution in [2.45, 2.75) is 61.7 Å². The molecule has 23 heteroatoms. The minimum atomic E-state index is -2.09. The van der Waals surface area contributed by atoms with Gasteiger partial charge in [-0.15, -0.1) is 0 Å². The third kappa shape index (κ3) is 12.1. The first-order valence-electron chi connectivity index (χ1n) is 18.7. The second-order valence-electron chi connectivity index (χ2n) is 14.6. The third-order valence-corrected chi connectivity index (χ3v) is 10.4. The summed E-state index contributed by atoms with van der Waals surface area (Å²) >= 11 is 0. The van der Waals surface area contributed by atoms with Gasteiger partial charge in [0.1, 0.15) is 35.9 Å². The summed E-state index contributed by atoms with van der Waals surface area (Å²) in [7, 11) is 0. The van der Waals surface area contributed by atoms with Crippen LogP contribution in [-0.4, -0.2) is 130 Å². The molecular formula is C42H38K2O21. The Bertz CT molecular complexity index is 2460. The number of phenolic OH excluding ortho intramolecular Hbond substituents is 5. The quantitative estimate of drug-likeness (QED) is 0.0318. The molecule has 0 bridgehead atoms. The number of aromatic hydroxyl groups is 5. The maximum atomic E-state index is 14.6. The van der Waals surface area contributed by atoms with Crippen LogP contribution in [0.15, 0.2) is 72.3 Å². The number of carboxylic acids is 2. The Morgan fingerprint density at radius 2 is 1.23 bits per heavy atom.